The van der Waals surface area contributed by atoms with Gasteiger partial charge in [0.15, 0.2) is 0 Å². The van der Waals surface area contributed by atoms with Gasteiger partial charge in [-0.2, -0.15) is 0 Å². The number of hydrogen-bond acceptors (Lipinski definition) is 5. The average Bonchev–Trinajstić information content (AvgIpc) is 3.00. The highest BCUT2D eigenvalue weighted by Crippen LogP contribution is 2.32. The number of carboxylic acids is 1. The number of anilines is 1. The first kappa shape index (κ1) is 19.6. The largest absolute Gasteiger partial charge is 0.497 e. The first-order valence-corrected chi connectivity index (χ1v) is 8.33. The van der Waals surface area contributed by atoms with E-state index in [0.717, 1.165) is 0 Å². The highest BCUT2D eigenvalue weighted by Gasteiger charge is 2.37. The number of ether oxygens (including phenoxy) is 2. The standard InChI is InChI=1S/C18H24N2O6/c1-10(2)16(18(23)24)19-17(22)11-5-15(21)20(9-11)12-6-13(25-3)8-14(7-12)26-4/h6-8,10-11,16H,5,9H2,1-4H3,(H,19,22)(H,23,24)/t11?,16-/m1/s1. The maximum absolute atomic E-state index is 12.4. The van der Waals surface area contributed by atoms with E-state index in [1.165, 1.54) is 19.1 Å². The van der Waals surface area contributed by atoms with Crippen LogP contribution in [0.15, 0.2) is 18.2 Å². The number of nitrogens with zero attached hydrogens (tertiary/aromatic N) is 1. The van der Waals surface area contributed by atoms with Crippen molar-refractivity contribution >= 4 is 23.5 Å². The SMILES string of the molecule is COc1cc(OC)cc(N2CC(C(=O)N[C@@H](C(=O)O)C(C)C)CC2=O)c1. The Labute approximate surface area is 152 Å². The van der Waals surface area contributed by atoms with Crippen LogP contribution in [0.5, 0.6) is 11.5 Å². The molecule has 1 heterocycles. The van der Waals surface area contributed by atoms with E-state index in [1.54, 1.807) is 32.0 Å². The lowest BCUT2D eigenvalue weighted by Gasteiger charge is -2.21. The number of carbonyl (C=O) groups excluding carboxylic acids is 2. The molecule has 2 atom stereocenters. The van der Waals surface area contributed by atoms with Crippen molar-refractivity contribution < 1.29 is 29.0 Å². The van der Waals surface area contributed by atoms with Crippen molar-refractivity contribution in [2.24, 2.45) is 11.8 Å². The second kappa shape index (κ2) is 8.07. The molecule has 0 aliphatic carbocycles. The van der Waals surface area contributed by atoms with Crippen molar-refractivity contribution in [3.8, 4) is 11.5 Å². The van der Waals surface area contributed by atoms with Crippen LogP contribution in [0.4, 0.5) is 5.69 Å². The molecule has 1 saturated heterocycles. The Morgan fingerprint density at radius 3 is 2.23 bits per heavy atom. The van der Waals surface area contributed by atoms with Crippen LogP contribution in [-0.4, -0.2) is 49.7 Å². The molecule has 1 aromatic rings. The van der Waals surface area contributed by atoms with E-state index in [2.05, 4.69) is 5.32 Å². The number of aliphatic carboxylic acids is 1. The number of benzene rings is 1. The van der Waals surface area contributed by atoms with Gasteiger partial charge in [-0.3, -0.25) is 9.59 Å². The van der Waals surface area contributed by atoms with E-state index in [9.17, 15) is 19.5 Å². The third-order valence-corrected chi connectivity index (χ3v) is 4.37. The molecule has 8 nitrogen and oxygen atoms in total. The van der Waals surface area contributed by atoms with Gasteiger partial charge in [0.25, 0.3) is 0 Å². The van der Waals surface area contributed by atoms with Gasteiger partial charge >= 0.3 is 5.97 Å². The summed E-state index contributed by atoms with van der Waals surface area (Å²) in [5.41, 5.74) is 0.570. The van der Waals surface area contributed by atoms with Gasteiger partial charge in [0, 0.05) is 31.2 Å². The van der Waals surface area contributed by atoms with Gasteiger partial charge < -0.3 is 24.8 Å². The predicted molar refractivity (Wildman–Crippen MR) is 94.4 cm³/mol. The molecule has 0 spiro atoms. The van der Waals surface area contributed by atoms with Gasteiger partial charge in [-0.05, 0) is 5.92 Å². The fraction of sp³-hybridized carbons (Fsp3) is 0.500. The molecule has 1 fully saturated rings. The van der Waals surface area contributed by atoms with Gasteiger partial charge in [0.1, 0.15) is 17.5 Å². The summed E-state index contributed by atoms with van der Waals surface area (Å²) in [6, 6.07) is 4.08. The van der Waals surface area contributed by atoms with Gasteiger partial charge in [-0.15, -0.1) is 0 Å². The van der Waals surface area contributed by atoms with Crippen LogP contribution in [0.1, 0.15) is 20.3 Å². The van der Waals surface area contributed by atoms with E-state index in [-0.39, 0.29) is 24.8 Å². The Bertz CT molecular complexity index is 681. The quantitative estimate of drug-likeness (QED) is 0.755. The summed E-state index contributed by atoms with van der Waals surface area (Å²) >= 11 is 0. The number of amides is 2. The highest BCUT2D eigenvalue weighted by molar-refractivity contribution is 6.01. The Balaban J connectivity index is 2.15. The van der Waals surface area contributed by atoms with Gasteiger partial charge in [-0.1, -0.05) is 13.8 Å². The summed E-state index contributed by atoms with van der Waals surface area (Å²) < 4.78 is 10.4. The Morgan fingerprint density at radius 2 is 1.77 bits per heavy atom. The maximum atomic E-state index is 12.4. The summed E-state index contributed by atoms with van der Waals surface area (Å²) in [4.78, 5) is 37.6. The summed E-state index contributed by atoms with van der Waals surface area (Å²) in [5.74, 6) is -1.54. The Kier molecular flexibility index (Phi) is 6.07. The Hall–Kier alpha value is -2.77. The van der Waals surface area contributed by atoms with Crippen LogP contribution in [-0.2, 0) is 14.4 Å². The molecule has 8 heteroatoms. The third kappa shape index (κ3) is 4.25. The first-order chi connectivity index (χ1) is 12.3. The molecular formula is C18H24N2O6. The van der Waals surface area contributed by atoms with Crippen LogP contribution >= 0.6 is 0 Å². The number of carboxylic acid groups (broad SMARTS) is 1. The lowest BCUT2D eigenvalue weighted by Crippen LogP contribution is -2.47. The van der Waals surface area contributed by atoms with E-state index >= 15 is 0 Å². The molecule has 2 N–H and O–H groups in total. The minimum atomic E-state index is -1.09. The predicted octanol–water partition coefficient (Wildman–Crippen LogP) is 1.28. The smallest absolute Gasteiger partial charge is 0.326 e. The van der Waals surface area contributed by atoms with Gasteiger partial charge in [-0.25, -0.2) is 4.79 Å². The van der Waals surface area contributed by atoms with Crippen LogP contribution in [0.25, 0.3) is 0 Å². The van der Waals surface area contributed by atoms with Crippen molar-refractivity contribution in [2.75, 3.05) is 25.7 Å². The number of nitrogens with one attached hydrogen (secondary N) is 1. The van der Waals surface area contributed by atoms with E-state index < -0.39 is 23.8 Å². The zero-order chi connectivity index (χ0) is 19.4. The lowest BCUT2D eigenvalue weighted by atomic mass is 10.0. The molecular weight excluding hydrogens is 340 g/mol. The van der Waals surface area contributed by atoms with E-state index in [0.29, 0.717) is 17.2 Å². The molecule has 0 radical (unpaired) electrons. The molecule has 26 heavy (non-hydrogen) atoms. The summed E-state index contributed by atoms with van der Waals surface area (Å²) in [7, 11) is 3.02. The van der Waals surface area contributed by atoms with Crippen molar-refractivity contribution in [3.05, 3.63) is 18.2 Å². The number of methoxy groups -OCH3 is 2. The molecule has 142 valence electrons. The van der Waals surface area contributed by atoms with Crippen molar-refractivity contribution in [1.29, 1.82) is 0 Å². The fourth-order valence-electron chi connectivity index (χ4n) is 2.87. The zero-order valence-electron chi connectivity index (χ0n) is 15.3. The Morgan fingerprint density at radius 1 is 1.19 bits per heavy atom. The van der Waals surface area contributed by atoms with Crippen LogP contribution in [0.2, 0.25) is 0 Å². The third-order valence-electron chi connectivity index (χ3n) is 4.37. The summed E-state index contributed by atoms with van der Waals surface area (Å²) in [5, 5.41) is 11.7. The molecule has 0 aromatic heterocycles. The van der Waals surface area contributed by atoms with Crippen LogP contribution in [0.3, 0.4) is 0 Å². The number of rotatable bonds is 7. The first-order valence-electron chi connectivity index (χ1n) is 8.33. The molecule has 1 aromatic carbocycles. The zero-order valence-corrected chi connectivity index (χ0v) is 15.3. The molecule has 1 aliphatic rings. The van der Waals surface area contributed by atoms with E-state index in [4.69, 9.17) is 9.47 Å². The van der Waals surface area contributed by atoms with Crippen LogP contribution < -0.4 is 19.7 Å². The van der Waals surface area contributed by atoms with Gasteiger partial charge in [0.2, 0.25) is 11.8 Å². The second-order valence-electron chi connectivity index (χ2n) is 6.54. The van der Waals surface area contributed by atoms with Crippen molar-refractivity contribution in [3.63, 3.8) is 0 Å². The lowest BCUT2D eigenvalue weighted by molar-refractivity contribution is -0.143. The molecule has 2 rings (SSSR count). The maximum Gasteiger partial charge on any atom is 0.326 e. The normalized spacial score (nSPS) is 18.0. The summed E-state index contributed by atoms with van der Waals surface area (Å²) in [6.07, 6.45) is 0.0236. The van der Waals surface area contributed by atoms with Crippen LogP contribution in [0, 0.1) is 11.8 Å². The number of carbonyl (C=O) groups is 3. The van der Waals surface area contributed by atoms with E-state index in [1.807, 2.05) is 0 Å². The molecule has 0 saturated carbocycles. The fourth-order valence-corrected chi connectivity index (χ4v) is 2.87. The van der Waals surface area contributed by atoms with Gasteiger partial charge in [0.05, 0.1) is 25.8 Å². The molecule has 1 aliphatic heterocycles. The summed E-state index contributed by atoms with van der Waals surface area (Å²) in [6.45, 7) is 3.60. The molecule has 1 unspecified atom stereocenters. The minimum absolute atomic E-state index is 0.0236. The second-order valence-corrected chi connectivity index (χ2v) is 6.54. The monoisotopic (exact) mass is 364 g/mol. The average molecular weight is 364 g/mol. The highest BCUT2D eigenvalue weighted by atomic mass is 16.5. The molecule has 2 amide bonds. The van der Waals surface area contributed by atoms with Crippen molar-refractivity contribution in [1.82, 2.24) is 5.32 Å². The van der Waals surface area contributed by atoms with Crippen molar-refractivity contribution in [2.45, 2.75) is 26.3 Å². The topological polar surface area (TPSA) is 105 Å². The minimum Gasteiger partial charge on any atom is -0.497 e. The molecule has 0 bridgehead atoms. The number of hydrogen-bond donors (Lipinski definition) is 2.